The van der Waals surface area contributed by atoms with Crippen molar-refractivity contribution in [2.45, 2.75) is 46.3 Å². The molecule has 0 saturated carbocycles. The minimum atomic E-state index is -0.346. The number of aromatic amines is 1. The summed E-state index contributed by atoms with van der Waals surface area (Å²) in [6, 6.07) is 11.3. The first-order valence-corrected chi connectivity index (χ1v) is 10.0. The molecule has 0 radical (unpaired) electrons. The van der Waals surface area contributed by atoms with Crippen LogP contribution in [0.4, 0.5) is 4.79 Å². The number of H-pyrrole nitrogens is 1. The maximum Gasteiger partial charge on any atom is 0.410 e. The van der Waals surface area contributed by atoms with Crippen LogP contribution in [0.3, 0.4) is 0 Å². The van der Waals surface area contributed by atoms with Gasteiger partial charge in [0.15, 0.2) is 0 Å². The van der Waals surface area contributed by atoms with Gasteiger partial charge in [0.1, 0.15) is 12.3 Å². The van der Waals surface area contributed by atoms with E-state index in [1.54, 1.807) is 11.8 Å². The van der Waals surface area contributed by atoms with Gasteiger partial charge < -0.3 is 9.72 Å². The van der Waals surface area contributed by atoms with Gasteiger partial charge in [0.25, 0.3) is 5.56 Å². The number of fused-ring (bicyclic) bond motifs is 1. The van der Waals surface area contributed by atoms with Crippen LogP contribution in [-0.2, 0) is 11.3 Å². The molecule has 3 aromatic rings. The lowest BCUT2D eigenvalue weighted by Crippen LogP contribution is -2.42. The number of ether oxygens (including phenoxy) is 1. The Kier molecular flexibility index (Phi) is 5.13. The average molecular weight is 394 g/mol. The van der Waals surface area contributed by atoms with Crippen molar-refractivity contribution in [1.82, 2.24) is 19.5 Å². The van der Waals surface area contributed by atoms with Crippen LogP contribution >= 0.6 is 0 Å². The lowest BCUT2D eigenvalue weighted by atomic mass is 9.89. The third kappa shape index (κ3) is 3.64. The maximum absolute atomic E-state index is 12.9. The number of rotatable bonds is 3. The molecule has 1 aliphatic rings. The summed E-state index contributed by atoms with van der Waals surface area (Å²) in [7, 11) is 0. The fourth-order valence-electron chi connectivity index (χ4n) is 4.04. The number of carbonyl (C=O) groups excluding carboxylic acids is 1. The molecule has 1 fully saturated rings. The Hall–Kier alpha value is -3.09. The third-order valence-electron chi connectivity index (χ3n) is 5.80. The molecule has 2 atom stereocenters. The highest BCUT2D eigenvalue weighted by Crippen LogP contribution is 2.35. The minimum absolute atomic E-state index is 0.135. The van der Waals surface area contributed by atoms with Gasteiger partial charge in [-0.15, -0.1) is 0 Å². The summed E-state index contributed by atoms with van der Waals surface area (Å²) in [5, 5.41) is 4.56. The van der Waals surface area contributed by atoms with Gasteiger partial charge in [-0.25, -0.2) is 4.79 Å². The molecule has 1 aliphatic heterocycles. The Balaban J connectivity index is 1.63. The quantitative estimate of drug-likeness (QED) is 0.734. The lowest BCUT2D eigenvalue weighted by Gasteiger charge is -2.38. The standard InChI is InChI=1S/C22H26N4O3/c1-14-8-7-11-25(22(28)29-13-17-9-5-4-6-10-17)20(14)18-12-19-23-16(3)15(2)21(27)26(19)24-18/h4-6,9-10,12,14,20,23H,7-8,11,13H2,1-3H3. The molecule has 7 heteroatoms. The fraction of sp³-hybridized carbons (Fsp3) is 0.409. The van der Waals surface area contributed by atoms with E-state index >= 15 is 0 Å². The number of carbonyl (C=O) groups is 1. The highest BCUT2D eigenvalue weighted by atomic mass is 16.6. The smallest absolute Gasteiger partial charge is 0.410 e. The van der Waals surface area contributed by atoms with Crippen LogP contribution in [0.1, 0.15) is 48.3 Å². The maximum atomic E-state index is 12.9. The largest absolute Gasteiger partial charge is 0.445 e. The zero-order chi connectivity index (χ0) is 20.5. The van der Waals surface area contributed by atoms with Gasteiger partial charge in [0.2, 0.25) is 0 Å². The number of aryl methyl sites for hydroxylation is 1. The molecule has 0 aliphatic carbocycles. The molecule has 0 spiro atoms. The number of hydrogen-bond donors (Lipinski definition) is 1. The second-order valence-corrected chi connectivity index (χ2v) is 7.84. The molecule has 4 rings (SSSR count). The Morgan fingerprint density at radius 2 is 2.03 bits per heavy atom. The Morgan fingerprint density at radius 3 is 2.79 bits per heavy atom. The Bertz CT molecular complexity index is 1090. The molecule has 0 bridgehead atoms. The van der Waals surface area contributed by atoms with Gasteiger partial charge in [-0.05, 0) is 38.2 Å². The predicted molar refractivity (Wildman–Crippen MR) is 110 cm³/mol. The number of amides is 1. The summed E-state index contributed by atoms with van der Waals surface area (Å²) in [6.07, 6.45) is 1.57. The normalized spacial score (nSPS) is 19.5. The van der Waals surface area contributed by atoms with E-state index in [0.29, 0.717) is 23.4 Å². The first-order chi connectivity index (χ1) is 14.0. The van der Waals surface area contributed by atoms with Crippen molar-refractivity contribution < 1.29 is 9.53 Å². The fourth-order valence-corrected chi connectivity index (χ4v) is 4.04. The van der Waals surface area contributed by atoms with Gasteiger partial charge in [0.05, 0.1) is 11.7 Å². The number of benzene rings is 1. The number of nitrogens with one attached hydrogen (secondary N) is 1. The topological polar surface area (TPSA) is 79.7 Å². The summed E-state index contributed by atoms with van der Waals surface area (Å²) in [5.41, 5.74) is 3.64. The van der Waals surface area contributed by atoms with Crippen LogP contribution in [-0.4, -0.2) is 32.1 Å². The summed E-state index contributed by atoms with van der Waals surface area (Å²) in [5.74, 6) is 0.218. The molecule has 29 heavy (non-hydrogen) atoms. The van der Waals surface area contributed by atoms with Crippen LogP contribution in [0, 0.1) is 19.8 Å². The van der Waals surface area contributed by atoms with Crippen LogP contribution in [0.15, 0.2) is 41.2 Å². The molecular formula is C22H26N4O3. The van der Waals surface area contributed by atoms with Crippen molar-refractivity contribution in [2.75, 3.05) is 6.54 Å². The number of piperidine rings is 1. The van der Waals surface area contributed by atoms with Crippen LogP contribution in [0.25, 0.3) is 5.65 Å². The summed E-state index contributed by atoms with van der Waals surface area (Å²) < 4.78 is 6.98. The molecule has 1 aromatic carbocycles. The number of nitrogens with zero attached hydrogens (tertiary/aromatic N) is 3. The zero-order valence-electron chi connectivity index (χ0n) is 17.0. The van der Waals surface area contributed by atoms with E-state index < -0.39 is 0 Å². The molecule has 7 nitrogen and oxygen atoms in total. The molecule has 1 amide bonds. The molecular weight excluding hydrogens is 368 g/mol. The average Bonchev–Trinajstić information content (AvgIpc) is 3.14. The summed E-state index contributed by atoms with van der Waals surface area (Å²) in [4.78, 5) is 30.5. The third-order valence-corrected chi connectivity index (χ3v) is 5.80. The SMILES string of the molecule is Cc1[nH]c2cc(C3C(C)CCCN3C(=O)OCc3ccccc3)nn2c(=O)c1C. The van der Waals surface area contributed by atoms with Crippen molar-refractivity contribution >= 4 is 11.7 Å². The van der Waals surface area contributed by atoms with Gasteiger partial charge in [-0.2, -0.15) is 9.61 Å². The predicted octanol–water partition coefficient (Wildman–Crippen LogP) is 3.75. The summed E-state index contributed by atoms with van der Waals surface area (Å²) in [6.45, 7) is 6.62. The van der Waals surface area contributed by atoms with Gasteiger partial charge in [0, 0.05) is 23.9 Å². The van der Waals surface area contributed by atoms with Gasteiger partial charge in [-0.1, -0.05) is 37.3 Å². The Morgan fingerprint density at radius 1 is 1.28 bits per heavy atom. The first-order valence-electron chi connectivity index (χ1n) is 10.0. The molecule has 152 valence electrons. The van der Waals surface area contributed by atoms with Crippen molar-refractivity contribution in [3.8, 4) is 0 Å². The van der Waals surface area contributed by atoms with E-state index in [1.807, 2.05) is 43.3 Å². The van der Waals surface area contributed by atoms with E-state index in [2.05, 4.69) is 17.0 Å². The molecule has 1 N–H and O–H groups in total. The van der Waals surface area contributed by atoms with E-state index in [-0.39, 0.29) is 30.2 Å². The van der Waals surface area contributed by atoms with Crippen molar-refractivity contribution in [3.05, 3.63) is 69.3 Å². The monoisotopic (exact) mass is 394 g/mol. The Labute approximate surface area is 169 Å². The molecule has 3 heterocycles. The van der Waals surface area contributed by atoms with Gasteiger partial charge >= 0.3 is 6.09 Å². The van der Waals surface area contributed by atoms with Crippen LogP contribution < -0.4 is 5.56 Å². The lowest BCUT2D eigenvalue weighted by molar-refractivity contribution is 0.0501. The van der Waals surface area contributed by atoms with Gasteiger partial charge in [-0.3, -0.25) is 9.69 Å². The first kappa shape index (κ1) is 19.2. The molecule has 1 saturated heterocycles. The highest BCUT2D eigenvalue weighted by Gasteiger charge is 2.36. The van der Waals surface area contributed by atoms with E-state index in [4.69, 9.17) is 4.74 Å². The van der Waals surface area contributed by atoms with Crippen molar-refractivity contribution in [3.63, 3.8) is 0 Å². The van der Waals surface area contributed by atoms with E-state index in [9.17, 15) is 9.59 Å². The number of likely N-dealkylation sites (tertiary alicyclic amines) is 1. The number of aromatic nitrogens is 3. The zero-order valence-corrected chi connectivity index (χ0v) is 17.0. The summed E-state index contributed by atoms with van der Waals surface area (Å²) >= 11 is 0. The second kappa shape index (κ2) is 7.73. The number of hydrogen-bond acceptors (Lipinski definition) is 4. The molecule has 2 aromatic heterocycles. The van der Waals surface area contributed by atoms with Crippen molar-refractivity contribution in [2.24, 2.45) is 5.92 Å². The van der Waals surface area contributed by atoms with Crippen LogP contribution in [0.2, 0.25) is 0 Å². The van der Waals surface area contributed by atoms with E-state index in [0.717, 1.165) is 24.1 Å². The highest BCUT2D eigenvalue weighted by molar-refractivity contribution is 5.68. The van der Waals surface area contributed by atoms with Crippen molar-refractivity contribution in [1.29, 1.82) is 0 Å². The van der Waals surface area contributed by atoms with Crippen LogP contribution in [0.5, 0.6) is 0 Å². The second-order valence-electron chi connectivity index (χ2n) is 7.84. The molecule has 2 unspecified atom stereocenters. The minimum Gasteiger partial charge on any atom is -0.445 e. The van der Waals surface area contributed by atoms with E-state index in [1.165, 1.54) is 4.52 Å².